The van der Waals surface area contributed by atoms with Gasteiger partial charge >= 0.3 is 0 Å². The molecule has 0 amide bonds. The van der Waals surface area contributed by atoms with Gasteiger partial charge in [0.2, 0.25) is 0 Å². The van der Waals surface area contributed by atoms with Crippen LogP contribution in [0, 0.1) is 0 Å². The van der Waals surface area contributed by atoms with Gasteiger partial charge in [0, 0.05) is 19.1 Å². The van der Waals surface area contributed by atoms with Gasteiger partial charge in [-0.25, -0.2) is 0 Å². The molecule has 0 aromatic heterocycles. The van der Waals surface area contributed by atoms with Crippen molar-refractivity contribution in [3.63, 3.8) is 0 Å². The molecule has 18 heavy (non-hydrogen) atoms. The maximum atomic E-state index is 5.35. The highest BCUT2D eigenvalue weighted by molar-refractivity contribution is 5.85. The fraction of sp³-hybridized carbons (Fsp3) is 0.571. The molecule has 0 bridgehead atoms. The van der Waals surface area contributed by atoms with E-state index < -0.39 is 0 Å². The summed E-state index contributed by atoms with van der Waals surface area (Å²) in [5.41, 5.74) is 2.75. The molecule has 0 radical (unpaired) electrons. The fourth-order valence-corrected chi connectivity index (χ4v) is 2.35. The van der Waals surface area contributed by atoms with Crippen molar-refractivity contribution in [3.05, 3.63) is 23.3 Å². The lowest BCUT2D eigenvalue weighted by atomic mass is 9.98. The molecule has 1 aromatic rings. The number of hydrogen-bond donors (Lipinski definition) is 0. The van der Waals surface area contributed by atoms with Gasteiger partial charge in [-0.1, -0.05) is 0 Å². The van der Waals surface area contributed by atoms with Crippen molar-refractivity contribution >= 4 is 12.4 Å². The van der Waals surface area contributed by atoms with E-state index in [0.717, 1.165) is 31.0 Å². The van der Waals surface area contributed by atoms with Gasteiger partial charge in [0.25, 0.3) is 0 Å². The van der Waals surface area contributed by atoms with Crippen molar-refractivity contribution in [3.8, 4) is 11.5 Å². The first kappa shape index (κ1) is 15.1. The minimum atomic E-state index is 0. The van der Waals surface area contributed by atoms with E-state index in [9.17, 15) is 0 Å². The summed E-state index contributed by atoms with van der Waals surface area (Å²) in [6, 6.07) is 4.82. The topological polar surface area (TPSA) is 21.7 Å². The number of rotatable bonds is 3. The minimum absolute atomic E-state index is 0. The number of benzene rings is 1. The molecule has 2 rings (SSSR count). The molecule has 1 heterocycles. The van der Waals surface area contributed by atoms with Crippen LogP contribution in [-0.4, -0.2) is 31.7 Å². The van der Waals surface area contributed by atoms with Crippen LogP contribution < -0.4 is 9.47 Å². The Morgan fingerprint density at radius 1 is 1.06 bits per heavy atom. The highest BCUT2D eigenvalue weighted by atomic mass is 35.5. The van der Waals surface area contributed by atoms with E-state index in [-0.39, 0.29) is 12.4 Å². The largest absolute Gasteiger partial charge is 0.493 e. The maximum absolute atomic E-state index is 5.35. The van der Waals surface area contributed by atoms with Crippen LogP contribution in [0.1, 0.15) is 25.0 Å². The number of fused-ring (bicyclic) bond motifs is 1. The summed E-state index contributed by atoms with van der Waals surface area (Å²) in [4.78, 5) is 2.48. The summed E-state index contributed by atoms with van der Waals surface area (Å²) in [7, 11) is 3.38. The zero-order valence-corrected chi connectivity index (χ0v) is 12.3. The highest BCUT2D eigenvalue weighted by Crippen LogP contribution is 2.33. The first-order chi connectivity index (χ1) is 8.15. The normalized spacial score (nSPS) is 14.9. The SMILES string of the molecule is COc1cc2c(cc1OC)CN(C(C)C)CC2.Cl. The summed E-state index contributed by atoms with van der Waals surface area (Å²) >= 11 is 0. The molecule has 0 saturated carbocycles. The fourth-order valence-electron chi connectivity index (χ4n) is 2.35. The number of methoxy groups -OCH3 is 2. The van der Waals surface area contributed by atoms with Gasteiger partial charge in [-0.15, -0.1) is 12.4 Å². The Balaban J connectivity index is 0.00000162. The second-order valence-corrected chi connectivity index (χ2v) is 4.79. The molecule has 0 aliphatic carbocycles. The molecule has 3 nitrogen and oxygen atoms in total. The molecule has 0 fully saturated rings. The van der Waals surface area contributed by atoms with Gasteiger partial charge in [-0.2, -0.15) is 0 Å². The van der Waals surface area contributed by atoms with Crippen LogP contribution in [0.2, 0.25) is 0 Å². The van der Waals surface area contributed by atoms with E-state index >= 15 is 0 Å². The third-order valence-corrected chi connectivity index (χ3v) is 3.48. The lowest BCUT2D eigenvalue weighted by molar-refractivity contribution is 0.202. The van der Waals surface area contributed by atoms with Gasteiger partial charge in [0.05, 0.1) is 14.2 Å². The summed E-state index contributed by atoms with van der Waals surface area (Å²) in [6.45, 7) is 6.62. The summed E-state index contributed by atoms with van der Waals surface area (Å²) in [6.07, 6.45) is 1.09. The smallest absolute Gasteiger partial charge is 0.161 e. The summed E-state index contributed by atoms with van der Waals surface area (Å²) in [5, 5.41) is 0. The molecule has 1 aliphatic heterocycles. The van der Waals surface area contributed by atoms with Gasteiger partial charge in [-0.05, 0) is 43.5 Å². The maximum Gasteiger partial charge on any atom is 0.161 e. The second kappa shape index (κ2) is 6.30. The van der Waals surface area contributed by atoms with E-state index in [4.69, 9.17) is 9.47 Å². The Morgan fingerprint density at radius 2 is 1.61 bits per heavy atom. The molecular weight excluding hydrogens is 250 g/mol. The van der Waals surface area contributed by atoms with Crippen molar-refractivity contribution in [2.75, 3.05) is 20.8 Å². The van der Waals surface area contributed by atoms with Crippen LogP contribution in [0.4, 0.5) is 0 Å². The minimum Gasteiger partial charge on any atom is -0.493 e. The average Bonchev–Trinajstić information content (AvgIpc) is 2.36. The Bertz CT molecular complexity index is 407. The van der Waals surface area contributed by atoms with Gasteiger partial charge in [0.1, 0.15) is 0 Å². The summed E-state index contributed by atoms with van der Waals surface area (Å²) < 4.78 is 10.7. The standard InChI is InChI=1S/C14H21NO2.ClH/c1-10(2)15-6-5-11-7-13(16-3)14(17-4)8-12(11)9-15;/h7-8,10H,5-6,9H2,1-4H3;1H. The van der Waals surface area contributed by atoms with Gasteiger partial charge in [-0.3, -0.25) is 4.90 Å². The monoisotopic (exact) mass is 271 g/mol. The predicted octanol–water partition coefficient (Wildman–Crippen LogP) is 2.89. The second-order valence-electron chi connectivity index (χ2n) is 4.79. The Kier molecular flexibility index (Phi) is 5.29. The first-order valence-electron chi connectivity index (χ1n) is 6.13. The molecule has 1 aliphatic rings. The lowest BCUT2D eigenvalue weighted by Gasteiger charge is -2.32. The molecule has 102 valence electrons. The van der Waals surface area contributed by atoms with Gasteiger partial charge < -0.3 is 9.47 Å². The highest BCUT2D eigenvalue weighted by Gasteiger charge is 2.20. The van der Waals surface area contributed by atoms with E-state index in [0.29, 0.717) is 6.04 Å². The van der Waals surface area contributed by atoms with Crippen molar-refractivity contribution in [2.24, 2.45) is 0 Å². The van der Waals surface area contributed by atoms with Crippen molar-refractivity contribution in [2.45, 2.75) is 32.9 Å². The molecule has 0 atom stereocenters. The molecule has 0 N–H and O–H groups in total. The molecular formula is C14H22ClNO2. The molecule has 0 spiro atoms. The molecule has 0 unspecified atom stereocenters. The third kappa shape index (κ3) is 2.90. The first-order valence-corrected chi connectivity index (χ1v) is 6.13. The lowest BCUT2D eigenvalue weighted by Crippen LogP contribution is -2.35. The van der Waals surface area contributed by atoms with Crippen LogP contribution in [0.3, 0.4) is 0 Å². The summed E-state index contributed by atoms with van der Waals surface area (Å²) in [5.74, 6) is 1.67. The number of hydrogen-bond acceptors (Lipinski definition) is 3. The molecule has 0 saturated heterocycles. The van der Waals surface area contributed by atoms with E-state index in [1.165, 1.54) is 11.1 Å². The molecule has 4 heteroatoms. The zero-order chi connectivity index (χ0) is 12.4. The number of nitrogens with zero attached hydrogens (tertiary/aromatic N) is 1. The van der Waals surface area contributed by atoms with Crippen LogP contribution in [-0.2, 0) is 13.0 Å². The average molecular weight is 272 g/mol. The van der Waals surface area contributed by atoms with Crippen LogP contribution in [0.15, 0.2) is 12.1 Å². The zero-order valence-electron chi connectivity index (χ0n) is 11.5. The predicted molar refractivity (Wildman–Crippen MR) is 76.0 cm³/mol. The number of halogens is 1. The Labute approximate surface area is 115 Å². The molecule has 1 aromatic carbocycles. The van der Waals surface area contributed by atoms with Crippen molar-refractivity contribution < 1.29 is 9.47 Å². The van der Waals surface area contributed by atoms with E-state index in [2.05, 4.69) is 30.9 Å². The van der Waals surface area contributed by atoms with Crippen molar-refractivity contribution in [1.82, 2.24) is 4.90 Å². The number of ether oxygens (including phenoxy) is 2. The van der Waals surface area contributed by atoms with Crippen LogP contribution >= 0.6 is 12.4 Å². The van der Waals surface area contributed by atoms with E-state index in [1.54, 1.807) is 14.2 Å². The van der Waals surface area contributed by atoms with Crippen LogP contribution in [0.5, 0.6) is 11.5 Å². The van der Waals surface area contributed by atoms with Crippen molar-refractivity contribution in [1.29, 1.82) is 0 Å². The quantitative estimate of drug-likeness (QED) is 0.844. The Hall–Kier alpha value is -0.930. The van der Waals surface area contributed by atoms with Crippen LogP contribution in [0.25, 0.3) is 0 Å². The Morgan fingerprint density at radius 3 is 2.11 bits per heavy atom. The third-order valence-electron chi connectivity index (χ3n) is 3.48. The van der Waals surface area contributed by atoms with Gasteiger partial charge in [0.15, 0.2) is 11.5 Å². The van der Waals surface area contributed by atoms with E-state index in [1.807, 2.05) is 0 Å².